The zero-order valence-corrected chi connectivity index (χ0v) is 15.4. The van der Waals surface area contributed by atoms with Crippen molar-refractivity contribution in [2.24, 2.45) is 0 Å². The minimum absolute atomic E-state index is 0.0318. The number of hydrogen-bond acceptors (Lipinski definition) is 3. The summed E-state index contributed by atoms with van der Waals surface area (Å²) in [6, 6.07) is 8.42. The third kappa shape index (κ3) is 5.22. The summed E-state index contributed by atoms with van der Waals surface area (Å²) in [6.07, 6.45) is 9.33. The fourth-order valence-corrected chi connectivity index (χ4v) is 3.82. The first-order chi connectivity index (χ1) is 11.6. The molecule has 1 saturated heterocycles. The average Bonchev–Trinajstić information content (AvgIpc) is 2.60. The van der Waals surface area contributed by atoms with Gasteiger partial charge in [0, 0.05) is 19.6 Å². The first-order valence-electron chi connectivity index (χ1n) is 9.73. The van der Waals surface area contributed by atoms with Crippen LogP contribution in [-0.4, -0.2) is 42.8 Å². The summed E-state index contributed by atoms with van der Waals surface area (Å²) in [5, 5.41) is 0. The Balaban J connectivity index is 1.37. The topological polar surface area (TPSA) is 21.7 Å². The van der Waals surface area contributed by atoms with Crippen molar-refractivity contribution >= 4 is 0 Å². The second-order valence-electron chi connectivity index (χ2n) is 7.84. The normalized spacial score (nSPS) is 22.4. The lowest BCUT2D eigenvalue weighted by Crippen LogP contribution is -2.47. The van der Waals surface area contributed by atoms with Gasteiger partial charge >= 0.3 is 0 Å². The van der Waals surface area contributed by atoms with Crippen molar-refractivity contribution in [3.8, 4) is 5.75 Å². The number of rotatable bonds is 6. The van der Waals surface area contributed by atoms with Crippen molar-refractivity contribution in [3.05, 3.63) is 29.8 Å². The molecule has 0 atom stereocenters. The van der Waals surface area contributed by atoms with E-state index in [1.54, 1.807) is 0 Å². The molecule has 134 valence electrons. The molecule has 1 heterocycles. The van der Waals surface area contributed by atoms with Gasteiger partial charge in [-0.3, -0.25) is 0 Å². The van der Waals surface area contributed by atoms with Crippen molar-refractivity contribution in [2.75, 3.05) is 26.2 Å². The molecule has 0 bridgehead atoms. The van der Waals surface area contributed by atoms with Crippen molar-refractivity contribution in [1.82, 2.24) is 4.90 Å². The highest BCUT2D eigenvalue weighted by Gasteiger charge is 2.31. The van der Waals surface area contributed by atoms with Crippen molar-refractivity contribution < 1.29 is 9.47 Å². The molecule has 0 unspecified atom stereocenters. The minimum Gasteiger partial charge on any atom is -0.487 e. The highest BCUT2D eigenvalue weighted by atomic mass is 16.5. The van der Waals surface area contributed by atoms with Crippen LogP contribution in [0.1, 0.15) is 57.4 Å². The maximum absolute atomic E-state index is 6.29. The van der Waals surface area contributed by atoms with Gasteiger partial charge in [0.25, 0.3) is 0 Å². The molecule has 1 saturated carbocycles. The maximum atomic E-state index is 6.29. The van der Waals surface area contributed by atoms with Crippen molar-refractivity contribution in [3.63, 3.8) is 0 Å². The Morgan fingerprint density at radius 2 is 1.71 bits per heavy atom. The fraction of sp³-hybridized carbons (Fsp3) is 0.714. The van der Waals surface area contributed by atoms with Crippen LogP contribution in [0.4, 0.5) is 0 Å². The van der Waals surface area contributed by atoms with Crippen molar-refractivity contribution in [1.29, 1.82) is 0 Å². The van der Waals surface area contributed by atoms with Crippen LogP contribution < -0.4 is 4.74 Å². The molecule has 0 spiro atoms. The predicted octanol–water partition coefficient (Wildman–Crippen LogP) is 4.58. The zero-order chi connectivity index (χ0) is 16.8. The van der Waals surface area contributed by atoms with E-state index in [0.717, 1.165) is 44.8 Å². The molecular formula is C21H33NO2. The molecule has 3 heteroatoms. The summed E-state index contributed by atoms with van der Waals surface area (Å²) in [7, 11) is 0. The quantitative estimate of drug-likeness (QED) is 0.762. The number of nitrogens with zero attached hydrogens (tertiary/aromatic N) is 1. The molecular weight excluding hydrogens is 298 g/mol. The summed E-state index contributed by atoms with van der Waals surface area (Å²) in [5.41, 5.74) is 1.25. The van der Waals surface area contributed by atoms with Gasteiger partial charge in [-0.2, -0.15) is 0 Å². The number of ether oxygens (including phenoxy) is 2. The van der Waals surface area contributed by atoms with E-state index in [0.29, 0.717) is 6.10 Å². The molecule has 0 N–H and O–H groups in total. The maximum Gasteiger partial charge on any atom is 0.120 e. The van der Waals surface area contributed by atoms with Crippen LogP contribution in [0.2, 0.25) is 0 Å². The fourth-order valence-electron chi connectivity index (χ4n) is 3.82. The molecule has 0 radical (unpaired) electrons. The van der Waals surface area contributed by atoms with Gasteiger partial charge in [0.15, 0.2) is 0 Å². The van der Waals surface area contributed by atoms with E-state index in [4.69, 9.17) is 9.47 Å². The highest BCUT2D eigenvalue weighted by molar-refractivity contribution is 5.27. The Bertz CT molecular complexity index is 485. The minimum atomic E-state index is -0.0318. The lowest BCUT2D eigenvalue weighted by Gasteiger charge is -2.39. The van der Waals surface area contributed by atoms with E-state index in [2.05, 4.69) is 43.0 Å². The van der Waals surface area contributed by atoms with Crippen molar-refractivity contribution in [2.45, 2.75) is 70.5 Å². The smallest absolute Gasteiger partial charge is 0.120 e. The van der Waals surface area contributed by atoms with Gasteiger partial charge in [0.2, 0.25) is 0 Å². The zero-order valence-electron chi connectivity index (χ0n) is 15.4. The first-order valence-corrected chi connectivity index (χ1v) is 9.73. The molecule has 3 nitrogen and oxygen atoms in total. The Labute approximate surface area is 147 Å². The van der Waals surface area contributed by atoms with E-state index >= 15 is 0 Å². The number of hydrogen-bond donors (Lipinski definition) is 0. The van der Waals surface area contributed by atoms with Gasteiger partial charge in [-0.05, 0) is 51.7 Å². The van der Waals surface area contributed by atoms with E-state index in [1.807, 2.05) is 0 Å². The monoisotopic (exact) mass is 331 g/mol. The predicted molar refractivity (Wildman–Crippen MR) is 98.7 cm³/mol. The SMILES string of the molecule is Cc1ccc(OC2(C)CCN(CCOC3CCCCC3)CC2)cc1. The van der Waals surface area contributed by atoms with Crippen LogP contribution in [-0.2, 0) is 4.74 Å². The number of benzene rings is 1. The lowest BCUT2D eigenvalue weighted by atomic mass is 9.93. The summed E-state index contributed by atoms with van der Waals surface area (Å²) in [5.74, 6) is 0.997. The number of piperidine rings is 1. The Morgan fingerprint density at radius 3 is 2.38 bits per heavy atom. The molecule has 1 aliphatic heterocycles. The number of aryl methyl sites for hydroxylation is 1. The molecule has 0 aromatic heterocycles. The molecule has 2 aliphatic rings. The molecule has 2 fully saturated rings. The Kier molecular flexibility index (Phi) is 6.18. The van der Waals surface area contributed by atoms with Crippen LogP contribution in [0.5, 0.6) is 5.75 Å². The van der Waals surface area contributed by atoms with Gasteiger partial charge in [-0.1, -0.05) is 37.0 Å². The van der Waals surface area contributed by atoms with Gasteiger partial charge in [0.1, 0.15) is 11.4 Å². The standard InChI is InChI=1S/C21H33NO2/c1-18-8-10-20(11-9-18)24-21(2)12-14-22(15-13-21)16-17-23-19-6-4-3-5-7-19/h8-11,19H,3-7,12-17H2,1-2H3. The lowest BCUT2D eigenvalue weighted by molar-refractivity contribution is -0.0120. The van der Waals surface area contributed by atoms with Crippen LogP contribution >= 0.6 is 0 Å². The number of likely N-dealkylation sites (tertiary alicyclic amines) is 1. The summed E-state index contributed by atoms with van der Waals surface area (Å²) >= 11 is 0. The second kappa shape index (κ2) is 8.35. The van der Waals surface area contributed by atoms with Crippen LogP contribution in [0.25, 0.3) is 0 Å². The Morgan fingerprint density at radius 1 is 1.04 bits per heavy atom. The van der Waals surface area contributed by atoms with E-state index in [1.165, 1.54) is 37.7 Å². The highest BCUT2D eigenvalue weighted by Crippen LogP contribution is 2.28. The summed E-state index contributed by atoms with van der Waals surface area (Å²) < 4.78 is 12.4. The molecule has 1 aromatic rings. The molecule has 1 aromatic carbocycles. The van der Waals surface area contributed by atoms with Crippen LogP contribution in [0.3, 0.4) is 0 Å². The molecule has 1 aliphatic carbocycles. The average molecular weight is 332 g/mol. The Hall–Kier alpha value is -1.06. The van der Waals surface area contributed by atoms with Gasteiger partial charge < -0.3 is 14.4 Å². The van der Waals surface area contributed by atoms with E-state index in [9.17, 15) is 0 Å². The van der Waals surface area contributed by atoms with E-state index < -0.39 is 0 Å². The van der Waals surface area contributed by atoms with Crippen LogP contribution in [0.15, 0.2) is 24.3 Å². The first kappa shape index (κ1) is 17.8. The largest absolute Gasteiger partial charge is 0.487 e. The molecule has 0 amide bonds. The summed E-state index contributed by atoms with van der Waals surface area (Å²) in [6.45, 7) is 8.53. The summed E-state index contributed by atoms with van der Waals surface area (Å²) in [4.78, 5) is 2.53. The van der Waals surface area contributed by atoms with Gasteiger partial charge in [0.05, 0.1) is 12.7 Å². The molecule has 3 rings (SSSR count). The third-order valence-corrected chi connectivity index (χ3v) is 5.61. The second-order valence-corrected chi connectivity index (χ2v) is 7.84. The van der Waals surface area contributed by atoms with Crippen LogP contribution in [0, 0.1) is 6.92 Å². The van der Waals surface area contributed by atoms with E-state index in [-0.39, 0.29) is 5.60 Å². The third-order valence-electron chi connectivity index (χ3n) is 5.61. The van der Waals surface area contributed by atoms with Gasteiger partial charge in [-0.25, -0.2) is 0 Å². The molecule has 24 heavy (non-hydrogen) atoms. The van der Waals surface area contributed by atoms with Gasteiger partial charge in [-0.15, -0.1) is 0 Å².